The summed E-state index contributed by atoms with van der Waals surface area (Å²) < 4.78 is 18.8. The van der Waals surface area contributed by atoms with Crippen LogP contribution in [-0.2, 0) is 9.53 Å². The number of hydrogen-bond acceptors (Lipinski definition) is 3. The lowest BCUT2D eigenvalue weighted by molar-refractivity contribution is -0.124. The summed E-state index contributed by atoms with van der Waals surface area (Å²) in [4.78, 5) is 24.3. The van der Waals surface area contributed by atoms with Gasteiger partial charge < -0.3 is 9.64 Å². The largest absolute Gasteiger partial charge is 0.444 e. The molecule has 5 heteroatoms. The molecule has 18 heavy (non-hydrogen) atoms. The molecule has 1 saturated heterocycles. The fraction of sp³-hybridized carbons (Fsp3) is 0.846. The minimum absolute atomic E-state index is 0.263. The van der Waals surface area contributed by atoms with E-state index in [2.05, 4.69) is 0 Å². The van der Waals surface area contributed by atoms with Crippen LogP contribution in [0.5, 0.6) is 0 Å². The van der Waals surface area contributed by atoms with Crippen LogP contribution in [0.2, 0.25) is 0 Å². The van der Waals surface area contributed by atoms with Crippen LogP contribution in [0, 0.1) is 5.92 Å². The van der Waals surface area contributed by atoms with Gasteiger partial charge in [-0.15, -0.1) is 0 Å². The highest BCUT2D eigenvalue weighted by atomic mass is 19.1. The molecule has 4 nitrogen and oxygen atoms in total. The van der Waals surface area contributed by atoms with Crippen molar-refractivity contribution >= 4 is 11.9 Å². The SMILES string of the molecule is CC(=O)C(F)C1CCN(C(=O)OC(C)(C)C)CC1. The average Bonchev–Trinajstić information content (AvgIpc) is 2.26. The molecular formula is C13H22FNO3. The topological polar surface area (TPSA) is 46.6 Å². The molecule has 0 aliphatic carbocycles. The number of ketones is 1. The first kappa shape index (κ1) is 14.9. The summed E-state index contributed by atoms with van der Waals surface area (Å²) in [5.74, 6) is -0.688. The number of rotatable bonds is 2. The van der Waals surface area contributed by atoms with Crippen molar-refractivity contribution in [3.05, 3.63) is 0 Å². The maximum atomic E-state index is 13.5. The number of likely N-dealkylation sites (tertiary alicyclic amines) is 1. The van der Waals surface area contributed by atoms with Crippen molar-refractivity contribution < 1.29 is 18.7 Å². The van der Waals surface area contributed by atoms with Crippen molar-refractivity contribution in [2.75, 3.05) is 13.1 Å². The smallest absolute Gasteiger partial charge is 0.410 e. The van der Waals surface area contributed by atoms with Gasteiger partial charge in [0.2, 0.25) is 0 Å². The van der Waals surface area contributed by atoms with Gasteiger partial charge in [0.05, 0.1) is 0 Å². The first-order chi connectivity index (χ1) is 8.20. The predicted octanol–water partition coefficient (Wildman–Crippen LogP) is 2.56. The van der Waals surface area contributed by atoms with Crippen LogP contribution < -0.4 is 0 Å². The van der Waals surface area contributed by atoms with E-state index in [1.165, 1.54) is 6.92 Å². The third-order valence-corrected chi connectivity index (χ3v) is 2.99. The molecular weight excluding hydrogens is 237 g/mol. The van der Waals surface area contributed by atoms with Crippen LogP contribution >= 0.6 is 0 Å². The average molecular weight is 259 g/mol. The Morgan fingerprint density at radius 2 is 1.78 bits per heavy atom. The Labute approximate surface area is 107 Å². The number of halogens is 1. The molecule has 0 radical (unpaired) electrons. The van der Waals surface area contributed by atoms with E-state index in [1.54, 1.807) is 4.90 Å². The molecule has 0 aromatic carbocycles. The summed E-state index contributed by atoms with van der Waals surface area (Å²) in [5, 5.41) is 0. The summed E-state index contributed by atoms with van der Waals surface area (Å²) in [6, 6.07) is 0. The zero-order chi connectivity index (χ0) is 13.9. The summed E-state index contributed by atoms with van der Waals surface area (Å²) in [6.45, 7) is 7.60. The molecule has 1 heterocycles. The number of carbonyl (C=O) groups excluding carboxylic acids is 2. The van der Waals surface area contributed by atoms with E-state index in [0.717, 1.165) is 0 Å². The number of alkyl halides is 1. The van der Waals surface area contributed by atoms with Gasteiger partial charge in [0.25, 0.3) is 0 Å². The van der Waals surface area contributed by atoms with Gasteiger partial charge in [-0.05, 0) is 40.5 Å². The van der Waals surface area contributed by atoms with E-state index in [9.17, 15) is 14.0 Å². The molecule has 0 N–H and O–H groups in total. The zero-order valence-electron chi connectivity index (χ0n) is 11.5. The lowest BCUT2D eigenvalue weighted by atomic mass is 9.90. The van der Waals surface area contributed by atoms with E-state index >= 15 is 0 Å². The molecule has 0 bridgehead atoms. The van der Waals surface area contributed by atoms with Gasteiger partial charge in [-0.3, -0.25) is 4.79 Å². The molecule has 1 amide bonds. The highest BCUT2D eigenvalue weighted by Gasteiger charge is 2.32. The fourth-order valence-corrected chi connectivity index (χ4v) is 2.03. The quantitative estimate of drug-likeness (QED) is 0.765. The second kappa shape index (κ2) is 5.67. The maximum Gasteiger partial charge on any atom is 0.410 e. The summed E-state index contributed by atoms with van der Waals surface area (Å²) in [6.07, 6.45) is -0.732. The molecule has 0 aromatic rings. The fourth-order valence-electron chi connectivity index (χ4n) is 2.03. The Kier molecular flexibility index (Phi) is 4.71. The molecule has 1 aliphatic heterocycles. The second-order valence-electron chi connectivity index (χ2n) is 5.82. The van der Waals surface area contributed by atoms with Crippen LogP contribution in [-0.4, -0.2) is 41.6 Å². The molecule has 0 spiro atoms. The molecule has 1 atom stereocenters. The van der Waals surface area contributed by atoms with E-state index in [4.69, 9.17) is 4.74 Å². The number of nitrogens with zero attached hydrogens (tertiary/aromatic N) is 1. The lowest BCUT2D eigenvalue weighted by Crippen LogP contribution is -2.43. The van der Waals surface area contributed by atoms with Crippen LogP contribution in [0.15, 0.2) is 0 Å². The van der Waals surface area contributed by atoms with Crippen molar-refractivity contribution in [1.29, 1.82) is 0 Å². The monoisotopic (exact) mass is 259 g/mol. The van der Waals surface area contributed by atoms with Gasteiger partial charge in [0.1, 0.15) is 5.60 Å². The van der Waals surface area contributed by atoms with Crippen molar-refractivity contribution in [3.8, 4) is 0 Å². The number of amides is 1. The first-order valence-corrected chi connectivity index (χ1v) is 6.33. The van der Waals surface area contributed by atoms with E-state index < -0.39 is 17.6 Å². The van der Waals surface area contributed by atoms with Crippen LogP contribution in [0.1, 0.15) is 40.5 Å². The van der Waals surface area contributed by atoms with Crippen molar-refractivity contribution in [1.82, 2.24) is 4.90 Å². The Bertz CT molecular complexity index is 317. The lowest BCUT2D eigenvalue weighted by Gasteiger charge is -2.34. The number of ether oxygens (including phenoxy) is 1. The normalized spacial score (nSPS) is 19.5. The highest BCUT2D eigenvalue weighted by Crippen LogP contribution is 2.24. The highest BCUT2D eigenvalue weighted by molar-refractivity contribution is 5.80. The van der Waals surface area contributed by atoms with Crippen molar-refractivity contribution in [2.24, 2.45) is 5.92 Å². The van der Waals surface area contributed by atoms with Gasteiger partial charge in [0, 0.05) is 19.0 Å². The van der Waals surface area contributed by atoms with Crippen LogP contribution in [0.3, 0.4) is 0 Å². The van der Waals surface area contributed by atoms with Gasteiger partial charge in [-0.1, -0.05) is 0 Å². The minimum Gasteiger partial charge on any atom is -0.444 e. The minimum atomic E-state index is -1.40. The van der Waals surface area contributed by atoms with Crippen molar-refractivity contribution in [2.45, 2.75) is 52.3 Å². The molecule has 0 aromatic heterocycles. The summed E-state index contributed by atoms with van der Waals surface area (Å²) in [7, 11) is 0. The maximum absolute atomic E-state index is 13.5. The molecule has 104 valence electrons. The van der Waals surface area contributed by atoms with E-state index in [1.807, 2.05) is 20.8 Å². The molecule has 0 saturated carbocycles. The second-order valence-corrected chi connectivity index (χ2v) is 5.82. The summed E-state index contributed by atoms with van der Waals surface area (Å²) in [5.41, 5.74) is -0.518. The number of piperidine rings is 1. The number of hydrogen-bond donors (Lipinski definition) is 0. The van der Waals surface area contributed by atoms with Crippen LogP contribution in [0.25, 0.3) is 0 Å². The molecule has 1 fully saturated rings. The first-order valence-electron chi connectivity index (χ1n) is 6.33. The molecule has 1 unspecified atom stereocenters. The Morgan fingerprint density at radius 1 is 1.28 bits per heavy atom. The van der Waals surface area contributed by atoms with E-state index in [-0.39, 0.29) is 12.0 Å². The molecule has 1 aliphatic rings. The van der Waals surface area contributed by atoms with E-state index in [0.29, 0.717) is 25.9 Å². The van der Waals surface area contributed by atoms with Gasteiger partial charge in [-0.2, -0.15) is 0 Å². The van der Waals surface area contributed by atoms with Gasteiger partial charge in [-0.25, -0.2) is 9.18 Å². The van der Waals surface area contributed by atoms with Crippen molar-refractivity contribution in [3.63, 3.8) is 0 Å². The zero-order valence-corrected chi connectivity index (χ0v) is 11.5. The Morgan fingerprint density at radius 3 is 2.17 bits per heavy atom. The predicted molar refractivity (Wildman–Crippen MR) is 66.1 cm³/mol. The van der Waals surface area contributed by atoms with Gasteiger partial charge in [0.15, 0.2) is 12.0 Å². The third kappa shape index (κ3) is 4.27. The number of Topliss-reactive ketones (excluding diaryl/α,β-unsaturated/α-hetero) is 1. The Balaban J connectivity index is 2.44. The Hall–Kier alpha value is -1.13. The third-order valence-electron chi connectivity index (χ3n) is 2.99. The number of carbonyl (C=O) groups is 2. The standard InChI is InChI=1S/C13H22FNO3/c1-9(16)11(14)10-5-7-15(8-6-10)12(17)18-13(2,3)4/h10-11H,5-8H2,1-4H3. The summed E-state index contributed by atoms with van der Waals surface area (Å²) >= 11 is 0. The van der Waals surface area contributed by atoms with Gasteiger partial charge >= 0.3 is 6.09 Å². The van der Waals surface area contributed by atoms with Crippen LogP contribution in [0.4, 0.5) is 9.18 Å². The molecule has 1 rings (SSSR count).